The maximum absolute atomic E-state index is 12.4. The van der Waals surface area contributed by atoms with Crippen molar-refractivity contribution in [2.45, 2.75) is 38.5 Å². The highest BCUT2D eigenvalue weighted by Crippen LogP contribution is 2.28. The van der Waals surface area contributed by atoms with Gasteiger partial charge in [0, 0.05) is 24.6 Å². The molecule has 1 unspecified atom stereocenters. The second-order valence-corrected chi connectivity index (χ2v) is 6.53. The van der Waals surface area contributed by atoms with E-state index in [1.807, 2.05) is 0 Å². The van der Waals surface area contributed by atoms with Gasteiger partial charge in [-0.15, -0.1) is 0 Å². The van der Waals surface area contributed by atoms with Crippen LogP contribution in [0, 0.1) is 5.92 Å². The van der Waals surface area contributed by atoms with Gasteiger partial charge in [0.1, 0.15) is 0 Å². The number of anilines is 1. The largest absolute Gasteiger partial charge is 0.398 e. The number of piperidine rings is 1. The first-order chi connectivity index (χ1) is 12.0. The Hall–Kier alpha value is -2.70. The summed E-state index contributed by atoms with van der Waals surface area (Å²) in [5.41, 5.74) is 6.81. The quantitative estimate of drug-likeness (QED) is 0.462. The van der Waals surface area contributed by atoms with Crippen molar-refractivity contribution < 1.29 is 19.2 Å². The lowest BCUT2D eigenvalue weighted by atomic mass is 9.92. The van der Waals surface area contributed by atoms with Crippen LogP contribution in [0.2, 0.25) is 0 Å². The van der Waals surface area contributed by atoms with Gasteiger partial charge >= 0.3 is 0 Å². The number of rotatable bonds is 6. The predicted octanol–water partition coefficient (Wildman–Crippen LogP) is 1.48. The van der Waals surface area contributed by atoms with Gasteiger partial charge in [-0.25, -0.2) is 0 Å². The zero-order valence-electron chi connectivity index (χ0n) is 13.9. The minimum Gasteiger partial charge on any atom is -0.398 e. The second-order valence-electron chi connectivity index (χ2n) is 6.53. The number of unbranched alkanes of at least 4 members (excludes halogenated alkanes) is 2. The molecular weight excluding hydrogens is 322 g/mol. The maximum atomic E-state index is 12.4. The van der Waals surface area contributed by atoms with Crippen LogP contribution in [0.1, 0.15) is 59.2 Å². The predicted molar refractivity (Wildman–Crippen MR) is 90.6 cm³/mol. The van der Waals surface area contributed by atoms with Crippen LogP contribution < -0.4 is 11.1 Å². The van der Waals surface area contributed by atoms with Crippen LogP contribution in [0.15, 0.2) is 18.2 Å². The van der Waals surface area contributed by atoms with Gasteiger partial charge in [0.25, 0.3) is 11.8 Å². The number of nitrogens with one attached hydrogen (secondary N) is 1. The molecule has 1 saturated heterocycles. The zero-order valence-corrected chi connectivity index (χ0v) is 13.9. The van der Waals surface area contributed by atoms with Gasteiger partial charge in [-0.1, -0.05) is 18.9 Å². The van der Waals surface area contributed by atoms with E-state index in [1.165, 1.54) is 4.90 Å². The van der Waals surface area contributed by atoms with Crippen molar-refractivity contribution in [3.63, 3.8) is 0 Å². The number of benzene rings is 1. The van der Waals surface area contributed by atoms with E-state index in [4.69, 9.17) is 5.73 Å². The van der Waals surface area contributed by atoms with E-state index >= 15 is 0 Å². The molecule has 2 aliphatic rings. The average molecular weight is 343 g/mol. The molecule has 3 N–H and O–H groups in total. The minimum absolute atomic E-state index is 0.114. The number of amides is 4. The van der Waals surface area contributed by atoms with E-state index in [2.05, 4.69) is 5.32 Å². The highest BCUT2D eigenvalue weighted by atomic mass is 16.2. The summed E-state index contributed by atoms with van der Waals surface area (Å²) in [4.78, 5) is 48.7. The standard InChI is InChI=1S/C18H21N3O4/c19-13-7-4-6-12-15(13)18(25)21(17(12)24)10-3-1-2-5-11-8-9-14(22)20-16(11)23/h4,6-7,11H,1-3,5,8-10,19H2,(H,20,22,23). The average Bonchev–Trinajstić information content (AvgIpc) is 2.82. The van der Waals surface area contributed by atoms with Gasteiger partial charge in [-0.2, -0.15) is 0 Å². The van der Waals surface area contributed by atoms with Gasteiger partial charge in [0.2, 0.25) is 11.8 Å². The van der Waals surface area contributed by atoms with E-state index in [9.17, 15) is 19.2 Å². The zero-order chi connectivity index (χ0) is 18.0. The molecule has 0 radical (unpaired) electrons. The van der Waals surface area contributed by atoms with Crippen LogP contribution in [0.4, 0.5) is 5.69 Å². The Morgan fingerprint density at radius 3 is 2.60 bits per heavy atom. The second kappa shape index (κ2) is 7.04. The molecule has 0 aromatic heterocycles. The summed E-state index contributed by atoms with van der Waals surface area (Å²) in [6, 6.07) is 4.91. The number of nitrogens with zero attached hydrogens (tertiary/aromatic N) is 1. The fraction of sp³-hybridized carbons (Fsp3) is 0.444. The topological polar surface area (TPSA) is 110 Å². The molecule has 2 heterocycles. The lowest BCUT2D eigenvalue weighted by molar-refractivity contribution is -0.136. The first kappa shape index (κ1) is 17.1. The van der Waals surface area contributed by atoms with Crippen LogP contribution in [0.3, 0.4) is 0 Å². The highest BCUT2D eigenvalue weighted by Gasteiger charge is 2.36. The van der Waals surface area contributed by atoms with Gasteiger partial charge in [-0.3, -0.25) is 29.4 Å². The van der Waals surface area contributed by atoms with E-state index in [0.29, 0.717) is 49.0 Å². The van der Waals surface area contributed by atoms with Gasteiger partial charge in [-0.05, 0) is 31.4 Å². The molecule has 7 nitrogen and oxygen atoms in total. The molecule has 4 amide bonds. The van der Waals surface area contributed by atoms with Crippen molar-refractivity contribution in [3.8, 4) is 0 Å². The summed E-state index contributed by atoms with van der Waals surface area (Å²) in [7, 11) is 0. The molecule has 3 rings (SSSR count). The number of nitrogens with two attached hydrogens (primary N) is 1. The van der Waals surface area contributed by atoms with Gasteiger partial charge in [0.05, 0.1) is 11.1 Å². The van der Waals surface area contributed by atoms with Crippen molar-refractivity contribution in [2.24, 2.45) is 5.92 Å². The maximum Gasteiger partial charge on any atom is 0.263 e. The molecule has 25 heavy (non-hydrogen) atoms. The molecule has 0 saturated carbocycles. The van der Waals surface area contributed by atoms with Gasteiger partial charge in [0.15, 0.2) is 0 Å². The highest BCUT2D eigenvalue weighted by molar-refractivity contribution is 6.23. The summed E-state index contributed by atoms with van der Waals surface area (Å²) < 4.78 is 0. The van der Waals surface area contributed by atoms with Crippen LogP contribution in [-0.2, 0) is 9.59 Å². The van der Waals surface area contributed by atoms with E-state index in [0.717, 1.165) is 12.8 Å². The summed E-state index contributed by atoms with van der Waals surface area (Å²) in [5, 5.41) is 2.35. The Morgan fingerprint density at radius 2 is 1.88 bits per heavy atom. The van der Waals surface area contributed by atoms with Crippen molar-refractivity contribution >= 4 is 29.3 Å². The number of imide groups is 2. The number of carbonyl (C=O) groups excluding carboxylic acids is 4. The summed E-state index contributed by atoms with van der Waals surface area (Å²) in [6.45, 7) is 0.348. The SMILES string of the molecule is Nc1cccc2c1C(=O)N(CCCCCC1CCC(=O)NC1=O)C2=O. The Bertz CT molecular complexity index is 744. The molecular formula is C18H21N3O4. The van der Waals surface area contributed by atoms with Gasteiger partial charge < -0.3 is 5.73 Å². The molecule has 1 aromatic rings. The molecule has 1 atom stereocenters. The van der Waals surface area contributed by atoms with Crippen molar-refractivity contribution in [2.75, 3.05) is 12.3 Å². The Labute approximate surface area is 145 Å². The fourth-order valence-electron chi connectivity index (χ4n) is 3.41. The lowest BCUT2D eigenvalue weighted by Crippen LogP contribution is -2.40. The summed E-state index contributed by atoms with van der Waals surface area (Å²) in [5.74, 6) is -1.13. The lowest BCUT2D eigenvalue weighted by Gasteiger charge is -2.20. The Balaban J connectivity index is 1.45. The summed E-state index contributed by atoms with van der Waals surface area (Å²) >= 11 is 0. The third-order valence-electron chi connectivity index (χ3n) is 4.82. The normalized spacial score (nSPS) is 20.0. The smallest absolute Gasteiger partial charge is 0.263 e. The van der Waals surface area contributed by atoms with E-state index in [-0.39, 0.29) is 29.5 Å². The number of fused-ring (bicyclic) bond motifs is 1. The molecule has 1 aromatic carbocycles. The first-order valence-electron chi connectivity index (χ1n) is 8.57. The number of hydrogen-bond acceptors (Lipinski definition) is 5. The van der Waals surface area contributed by atoms with Crippen molar-refractivity contribution in [3.05, 3.63) is 29.3 Å². The van der Waals surface area contributed by atoms with E-state index in [1.54, 1.807) is 18.2 Å². The van der Waals surface area contributed by atoms with Crippen molar-refractivity contribution in [1.29, 1.82) is 0 Å². The molecule has 0 bridgehead atoms. The third-order valence-corrected chi connectivity index (χ3v) is 4.82. The summed E-state index contributed by atoms with van der Waals surface area (Å²) in [6.07, 6.45) is 4.01. The molecule has 2 aliphatic heterocycles. The molecule has 0 aliphatic carbocycles. The first-order valence-corrected chi connectivity index (χ1v) is 8.57. The van der Waals surface area contributed by atoms with E-state index < -0.39 is 0 Å². The van der Waals surface area contributed by atoms with Crippen LogP contribution in [-0.4, -0.2) is 35.1 Å². The molecule has 0 spiro atoms. The third kappa shape index (κ3) is 3.40. The molecule has 132 valence electrons. The number of hydrogen-bond donors (Lipinski definition) is 2. The van der Waals surface area contributed by atoms with Crippen LogP contribution in [0.5, 0.6) is 0 Å². The Kier molecular flexibility index (Phi) is 4.83. The van der Waals surface area contributed by atoms with Crippen LogP contribution >= 0.6 is 0 Å². The fourth-order valence-corrected chi connectivity index (χ4v) is 3.41. The molecule has 7 heteroatoms. The Morgan fingerprint density at radius 1 is 1.08 bits per heavy atom. The number of nitrogen functional groups attached to an aromatic ring is 1. The minimum atomic E-state index is -0.330. The molecule has 1 fully saturated rings. The monoisotopic (exact) mass is 343 g/mol. The van der Waals surface area contributed by atoms with Crippen LogP contribution in [0.25, 0.3) is 0 Å². The number of carbonyl (C=O) groups is 4. The van der Waals surface area contributed by atoms with Crippen molar-refractivity contribution in [1.82, 2.24) is 10.2 Å².